The lowest BCUT2D eigenvalue weighted by molar-refractivity contribution is -0.136. The van der Waals surface area contributed by atoms with E-state index < -0.39 is 5.97 Å². The monoisotopic (exact) mass is 233 g/mol. The molecule has 0 aliphatic heterocycles. The summed E-state index contributed by atoms with van der Waals surface area (Å²) in [5.74, 6) is 0.0603. The molecule has 0 aliphatic rings. The highest BCUT2D eigenvalue weighted by atomic mass is 32.2. The highest BCUT2D eigenvalue weighted by Gasteiger charge is 2.14. The van der Waals surface area contributed by atoms with Crippen LogP contribution in [0, 0.1) is 0 Å². The second-order valence-electron chi connectivity index (χ2n) is 3.50. The van der Waals surface area contributed by atoms with E-state index in [1.54, 1.807) is 19.0 Å². The number of carbonyl (C=O) groups is 2. The van der Waals surface area contributed by atoms with E-state index in [9.17, 15) is 9.59 Å². The summed E-state index contributed by atoms with van der Waals surface area (Å²) in [6.45, 7) is 1.86. The maximum absolute atomic E-state index is 11.2. The Morgan fingerprint density at radius 2 is 2.00 bits per heavy atom. The second kappa shape index (κ2) is 7.56. The molecule has 88 valence electrons. The Hall–Kier alpha value is -0.710. The van der Waals surface area contributed by atoms with Gasteiger partial charge in [0.2, 0.25) is 5.91 Å². The minimum absolute atomic E-state index is 0.0963. The van der Waals surface area contributed by atoms with E-state index in [1.165, 1.54) is 11.8 Å². The highest BCUT2D eigenvalue weighted by molar-refractivity contribution is 8.00. The Labute approximate surface area is 95.0 Å². The molecular weight excluding hydrogens is 214 g/mol. The molecule has 0 fully saturated rings. The standard InChI is InChI=1S/C10H19NO3S/c1-4-8(10(13)14)15-7-5-6-9(12)11(2)3/h8H,4-7H2,1-3H3,(H,13,14). The van der Waals surface area contributed by atoms with Crippen molar-refractivity contribution in [3.05, 3.63) is 0 Å². The van der Waals surface area contributed by atoms with Gasteiger partial charge in [0.25, 0.3) is 0 Å². The third-order valence-corrected chi connectivity index (χ3v) is 3.46. The molecule has 0 saturated carbocycles. The number of hydrogen-bond donors (Lipinski definition) is 1. The summed E-state index contributed by atoms with van der Waals surface area (Å²) in [4.78, 5) is 23.4. The topological polar surface area (TPSA) is 57.6 Å². The van der Waals surface area contributed by atoms with Gasteiger partial charge in [0.15, 0.2) is 0 Å². The van der Waals surface area contributed by atoms with Crippen molar-refractivity contribution in [2.75, 3.05) is 19.8 Å². The Balaban J connectivity index is 3.61. The second-order valence-corrected chi connectivity index (χ2v) is 4.81. The summed E-state index contributed by atoms with van der Waals surface area (Å²) in [7, 11) is 3.45. The number of carbonyl (C=O) groups excluding carboxylic acids is 1. The Bertz CT molecular complexity index is 219. The van der Waals surface area contributed by atoms with Gasteiger partial charge in [-0.2, -0.15) is 0 Å². The first kappa shape index (κ1) is 14.3. The maximum Gasteiger partial charge on any atom is 0.316 e. The van der Waals surface area contributed by atoms with Crippen molar-refractivity contribution >= 4 is 23.6 Å². The Morgan fingerprint density at radius 3 is 2.40 bits per heavy atom. The van der Waals surface area contributed by atoms with Crippen molar-refractivity contribution in [3.63, 3.8) is 0 Å². The van der Waals surface area contributed by atoms with Crippen LogP contribution < -0.4 is 0 Å². The average molecular weight is 233 g/mol. The summed E-state index contributed by atoms with van der Waals surface area (Å²) in [5, 5.41) is 8.44. The van der Waals surface area contributed by atoms with Crippen molar-refractivity contribution in [2.45, 2.75) is 31.4 Å². The van der Waals surface area contributed by atoms with Crippen molar-refractivity contribution in [3.8, 4) is 0 Å². The fourth-order valence-corrected chi connectivity index (χ4v) is 2.01. The van der Waals surface area contributed by atoms with E-state index in [1.807, 2.05) is 6.92 Å². The third kappa shape index (κ3) is 6.38. The van der Waals surface area contributed by atoms with Gasteiger partial charge in [-0.05, 0) is 18.6 Å². The van der Waals surface area contributed by atoms with E-state index in [-0.39, 0.29) is 11.2 Å². The molecule has 0 spiro atoms. The SMILES string of the molecule is CCC(SCCCC(=O)N(C)C)C(=O)O. The fraction of sp³-hybridized carbons (Fsp3) is 0.800. The molecule has 0 aromatic heterocycles. The summed E-state index contributed by atoms with van der Waals surface area (Å²) in [5.41, 5.74) is 0. The predicted octanol–water partition coefficient (Wildman–Crippen LogP) is 1.45. The van der Waals surface area contributed by atoms with Crippen LogP contribution in [0.3, 0.4) is 0 Å². The third-order valence-electron chi connectivity index (χ3n) is 2.00. The van der Waals surface area contributed by atoms with Gasteiger partial charge in [0.05, 0.1) is 0 Å². The summed E-state index contributed by atoms with van der Waals surface area (Å²) < 4.78 is 0. The Kier molecular flexibility index (Phi) is 7.21. The van der Waals surface area contributed by atoms with Crippen LogP contribution in [-0.2, 0) is 9.59 Å². The molecule has 0 rings (SSSR count). The molecular formula is C10H19NO3S. The number of carboxylic acids is 1. The van der Waals surface area contributed by atoms with E-state index in [2.05, 4.69) is 0 Å². The lowest BCUT2D eigenvalue weighted by Gasteiger charge is -2.11. The van der Waals surface area contributed by atoms with Gasteiger partial charge in [-0.1, -0.05) is 6.92 Å². The quantitative estimate of drug-likeness (QED) is 0.676. The first-order valence-corrected chi connectivity index (χ1v) is 6.08. The molecule has 0 aliphatic carbocycles. The molecule has 1 N–H and O–H groups in total. The molecule has 0 bridgehead atoms. The number of hydrogen-bond acceptors (Lipinski definition) is 3. The van der Waals surface area contributed by atoms with Gasteiger partial charge in [-0.25, -0.2) is 0 Å². The Morgan fingerprint density at radius 1 is 1.40 bits per heavy atom. The molecule has 0 aromatic carbocycles. The van der Waals surface area contributed by atoms with Crippen LogP contribution in [-0.4, -0.2) is 47.0 Å². The number of carboxylic acid groups (broad SMARTS) is 1. The van der Waals surface area contributed by atoms with Gasteiger partial charge in [0.1, 0.15) is 5.25 Å². The summed E-state index contributed by atoms with van der Waals surface area (Å²) >= 11 is 1.41. The normalized spacial score (nSPS) is 12.2. The smallest absolute Gasteiger partial charge is 0.316 e. The lowest BCUT2D eigenvalue weighted by atomic mass is 10.3. The first-order chi connectivity index (χ1) is 6.99. The van der Waals surface area contributed by atoms with Crippen LogP contribution in [0.5, 0.6) is 0 Å². The van der Waals surface area contributed by atoms with Crippen molar-refractivity contribution in [2.24, 2.45) is 0 Å². The minimum atomic E-state index is -0.763. The van der Waals surface area contributed by atoms with Crippen LogP contribution in [0.15, 0.2) is 0 Å². The van der Waals surface area contributed by atoms with Gasteiger partial charge in [-0.15, -0.1) is 11.8 Å². The van der Waals surface area contributed by atoms with Crippen LogP contribution in [0.4, 0.5) is 0 Å². The van der Waals surface area contributed by atoms with Gasteiger partial charge in [-0.3, -0.25) is 9.59 Å². The van der Waals surface area contributed by atoms with Crippen LogP contribution in [0.25, 0.3) is 0 Å². The molecule has 0 aromatic rings. The first-order valence-electron chi connectivity index (χ1n) is 5.03. The lowest BCUT2D eigenvalue weighted by Crippen LogP contribution is -2.21. The zero-order valence-electron chi connectivity index (χ0n) is 9.52. The van der Waals surface area contributed by atoms with E-state index >= 15 is 0 Å². The van der Waals surface area contributed by atoms with Gasteiger partial charge in [0, 0.05) is 20.5 Å². The van der Waals surface area contributed by atoms with Crippen molar-refractivity contribution < 1.29 is 14.7 Å². The van der Waals surface area contributed by atoms with E-state index in [0.717, 1.165) is 12.2 Å². The summed E-state index contributed by atoms with van der Waals surface area (Å²) in [6.07, 6.45) is 1.86. The molecule has 1 unspecified atom stereocenters. The molecule has 0 radical (unpaired) electrons. The van der Waals surface area contributed by atoms with E-state index in [4.69, 9.17) is 5.11 Å². The highest BCUT2D eigenvalue weighted by Crippen LogP contribution is 2.16. The number of aliphatic carboxylic acids is 1. The summed E-state index contributed by atoms with van der Waals surface area (Å²) in [6, 6.07) is 0. The predicted molar refractivity (Wildman–Crippen MR) is 62.1 cm³/mol. The largest absolute Gasteiger partial charge is 0.480 e. The van der Waals surface area contributed by atoms with Crippen molar-refractivity contribution in [1.82, 2.24) is 4.90 Å². The number of rotatable bonds is 7. The molecule has 0 heterocycles. The van der Waals surface area contributed by atoms with E-state index in [0.29, 0.717) is 12.8 Å². The number of thioether (sulfide) groups is 1. The molecule has 0 saturated heterocycles. The number of amides is 1. The molecule has 15 heavy (non-hydrogen) atoms. The molecule has 1 amide bonds. The molecule has 4 nitrogen and oxygen atoms in total. The number of nitrogens with zero attached hydrogens (tertiary/aromatic N) is 1. The van der Waals surface area contributed by atoms with Crippen LogP contribution in [0.1, 0.15) is 26.2 Å². The zero-order valence-corrected chi connectivity index (χ0v) is 10.3. The zero-order chi connectivity index (χ0) is 11.8. The van der Waals surface area contributed by atoms with Crippen LogP contribution in [0.2, 0.25) is 0 Å². The molecule has 1 atom stereocenters. The molecule has 5 heteroatoms. The fourth-order valence-electron chi connectivity index (χ4n) is 1.04. The van der Waals surface area contributed by atoms with Crippen molar-refractivity contribution in [1.29, 1.82) is 0 Å². The maximum atomic E-state index is 11.2. The van der Waals surface area contributed by atoms with Gasteiger partial charge >= 0.3 is 5.97 Å². The minimum Gasteiger partial charge on any atom is -0.480 e. The van der Waals surface area contributed by atoms with Crippen LogP contribution >= 0.6 is 11.8 Å². The van der Waals surface area contributed by atoms with Gasteiger partial charge < -0.3 is 10.0 Å². The average Bonchev–Trinajstić information content (AvgIpc) is 2.16.